The fourth-order valence-corrected chi connectivity index (χ4v) is 1.85. The Kier molecular flexibility index (Phi) is 5.01. The first-order chi connectivity index (χ1) is 9.29. The van der Waals surface area contributed by atoms with Gasteiger partial charge in [0.25, 0.3) is 5.69 Å². The van der Waals surface area contributed by atoms with Crippen LogP contribution in [0.1, 0.15) is 31.4 Å². The van der Waals surface area contributed by atoms with Crippen molar-refractivity contribution in [1.29, 1.82) is 0 Å². The predicted octanol–water partition coefficient (Wildman–Crippen LogP) is 3.58. The summed E-state index contributed by atoms with van der Waals surface area (Å²) in [6.45, 7) is 7.67. The van der Waals surface area contributed by atoms with Gasteiger partial charge in [-0.15, -0.1) is 0 Å². The lowest BCUT2D eigenvalue weighted by Gasteiger charge is -2.13. The molecule has 7 heteroatoms. The van der Waals surface area contributed by atoms with Gasteiger partial charge in [0.1, 0.15) is 0 Å². The van der Waals surface area contributed by atoms with Crippen LogP contribution in [-0.2, 0) is 0 Å². The van der Waals surface area contributed by atoms with Crippen LogP contribution in [0.2, 0.25) is 0 Å². The smallest absolute Gasteiger partial charge is 0.302 e. The van der Waals surface area contributed by atoms with Crippen molar-refractivity contribution in [2.75, 3.05) is 11.9 Å². The molecule has 0 radical (unpaired) electrons. The quantitative estimate of drug-likeness (QED) is 0.634. The molecule has 0 bridgehead atoms. The Morgan fingerprint density at radius 1 is 1.25 bits per heavy atom. The maximum Gasteiger partial charge on any atom is 0.302 e. The highest BCUT2D eigenvalue weighted by molar-refractivity contribution is 5.77. The van der Waals surface area contributed by atoms with Gasteiger partial charge in [0, 0.05) is 18.2 Å². The van der Waals surface area contributed by atoms with E-state index in [0.717, 1.165) is 6.42 Å². The molecular formula is C13H19N3O4. The lowest BCUT2D eigenvalue weighted by Crippen LogP contribution is -2.14. The zero-order valence-corrected chi connectivity index (χ0v) is 12.1. The highest BCUT2D eigenvalue weighted by atomic mass is 16.6. The molecule has 0 saturated carbocycles. The fraction of sp³-hybridized carbons (Fsp3) is 0.538. The minimum atomic E-state index is -0.585. The van der Waals surface area contributed by atoms with E-state index in [-0.39, 0.29) is 23.0 Å². The summed E-state index contributed by atoms with van der Waals surface area (Å²) in [4.78, 5) is 21.2. The van der Waals surface area contributed by atoms with Gasteiger partial charge in [0.2, 0.25) is 0 Å². The third-order valence-corrected chi connectivity index (χ3v) is 3.50. The van der Waals surface area contributed by atoms with E-state index < -0.39 is 9.85 Å². The third kappa shape index (κ3) is 3.23. The largest absolute Gasteiger partial charge is 0.374 e. The summed E-state index contributed by atoms with van der Waals surface area (Å²) in [6, 6.07) is 1.38. The Hall–Kier alpha value is -2.18. The zero-order chi connectivity index (χ0) is 15.4. The second kappa shape index (κ2) is 6.31. The van der Waals surface area contributed by atoms with E-state index in [1.807, 2.05) is 13.8 Å². The molecule has 0 aromatic heterocycles. The molecule has 0 amide bonds. The second-order valence-electron chi connectivity index (χ2n) is 4.97. The topological polar surface area (TPSA) is 98.3 Å². The van der Waals surface area contributed by atoms with Crippen molar-refractivity contribution in [2.45, 2.75) is 34.1 Å². The summed E-state index contributed by atoms with van der Waals surface area (Å²) >= 11 is 0. The van der Waals surface area contributed by atoms with Gasteiger partial charge in [-0.3, -0.25) is 20.2 Å². The summed E-state index contributed by atoms with van der Waals surface area (Å²) in [6.07, 6.45) is 0.888. The molecule has 0 aliphatic carbocycles. The van der Waals surface area contributed by atoms with E-state index in [9.17, 15) is 20.2 Å². The minimum Gasteiger partial charge on any atom is -0.374 e. The first-order valence-corrected chi connectivity index (χ1v) is 6.46. The molecule has 0 aliphatic rings. The Morgan fingerprint density at radius 2 is 1.85 bits per heavy atom. The van der Waals surface area contributed by atoms with Gasteiger partial charge >= 0.3 is 5.69 Å². The van der Waals surface area contributed by atoms with Gasteiger partial charge in [-0.05, 0) is 25.3 Å². The molecule has 1 rings (SSSR count). The Labute approximate surface area is 117 Å². The van der Waals surface area contributed by atoms with E-state index in [1.165, 1.54) is 6.07 Å². The SMILES string of the molecule is CCC(C)CNc1c([N+](=O)[O-])cc(C)c(C)c1[N+](=O)[O-]. The summed E-state index contributed by atoms with van der Waals surface area (Å²) < 4.78 is 0. The van der Waals surface area contributed by atoms with Gasteiger partial charge in [0.05, 0.1) is 9.85 Å². The molecule has 0 fully saturated rings. The molecule has 110 valence electrons. The number of nitro benzene ring substituents is 2. The van der Waals surface area contributed by atoms with Crippen LogP contribution in [0.15, 0.2) is 6.07 Å². The number of hydrogen-bond donors (Lipinski definition) is 1. The van der Waals surface area contributed by atoms with E-state index in [2.05, 4.69) is 5.32 Å². The van der Waals surface area contributed by atoms with Crippen LogP contribution in [-0.4, -0.2) is 16.4 Å². The maximum atomic E-state index is 11.2. The monoisotopic (exact) mass is 281 g/mol. The predicted molar refractivity (Wildman–Crippen MR) is 77.2 cm³/mol. The molecule has 0 aliphatic heterocycles. The lowest BCUT2D eigenvalue weighted by molar-refractivity contribution is -0.392. The molecule has 0 spiro atoms. The molecule has 7 nitrogen and oxygen atoms in total. The highest BCUT2D eigenvalue weighted by Crippen LogP contribution is 2.39. The van der Waals surface area contributed by atoms with Crippen LogP contribution in [0.5, 0.6) is 0 Å². The molecule has 0 saturated heterocycles. The van der Waals surface area contributed by atoms with Crippen LogP contribution in [0.4, 0.5) is 17.1 Å². The number of nitrogens with one attached hydrogen (secondary N) is 1. The summed E-state index contributed by atoms with van der Waals surface area (Å²) in [5.74, 6) is 0.274. The van der Waals surface area contributed by atoms with Crippen LogP contribution in [0.25, 0.3) is 0 Å². The number of anilines is 1. The van der Waals surface area contributed by atoms with Crippen LogP contribution in [0, 0.1) is 40.0 Å². The Morgan fingerprint density at radius 3 is 2.30 bits per heavy atom. The number of nitrogens with zero attached hydrogens (tertiary/aromatic N) is 2. The van der Waals surface area contributed by atoms with E-state index in [4.69, 9.17) is 0 Å². The van der Waals surface area contributed by atoms with Gasteiger partial charge in [-0.2, -0.15) is 0 Å². The molecule has 1 N–H and O–H groups in total. The summed E-state index contributed by atoms with van der Waals surface area (Å²) in [7, 11) is 0. The molecule has 1 aromatic carbocycles. The van der Waals surface area contributed by atoms with Crippen molar-refractivity contribution >= 4 is 17.1 Å². The zero-order valence-electron chi connectivity index (χ0n) is 12.1. The number of nitro groups is 2. The first kappa shape index (κ1) is 15.9. The summed E-state index contributed by atoms with van der Waals surface area (Å²) in [5.41, 5.74) is 0.538. The molecule has 20 heavy (non-hydrogen) atoms. The van der Waals surface area contributed by atoms with E-state index in [1.54, 1.807) is 13.8 Å². The van der Waals surface area contributed by atoms with Crippen LogP contribution >= 0.6 is 0 Å². The highest BCUT2D eigenvalue weighted by Gasteiger charge is 2.29. The molecular weight excluding hydrogens is 262 g/mol. The third-order valence-electron chi connectivity index (χ3n) is 3.50. The van der Waals surface area contributed by atoms with Gasteiger partial charge in [-0.1, -0.05) is 20.3 Å². The fourth-order valence-electron chi connectivity index (χ4n) is 1.85. The molecule has 0 heterocycles. The van der Waals surface area contributed by atoms with Crippen molar-refractivity contribution < 1.29 is 9.85 Å². The minimum absolute atomic E-state index is 0.00315. The van der Waals surface area contributed by atoms with Gasteiger partial charge in [-0.25, -0.2) is 0 Å². The van der Waals surface area contributed by atoms with Crippen molar-refractivity contribution in [3.8, 4) is 0 Å². The van der Waals surface area contributed by atoms with Crippen molar-refractivity contribution in [1.82, 2.24) is 0 Å². The molecule has 1 aromatic rings. The average molecular weight is 281 g/mol. The van der Waals surface area contributed by atoms with Crippen LogP contribution in [0.3, 0.4) is 0 Å². The van der Waals surface area contributed by atoms with Gasteiger partial charge < -0.3 is 5.32 Å². The number of hydrogen-bond acceptors (Lipinski definition) is 5. The van der Waals surface area contributed by atoms with Gasteiger partial charge in [0.15, 0.2) is 5.69 Å². The number of rotatable bonds is 6. The average Bonchev–Trinajstić information content (AvgIpc) is 2.38. The van der Waals surface area contributed by atoms with E-state index >= 15 is 0 Å². The first-order valence-electron chi connectivity index (χ1n) is 6.46. The maximum absolute atomic E-state index is 11.2. The van der Waals surface area contributed by atoms with Crippen molar-refractivity contribution in [3.63, 3.8) is 0 Å². The second-order valence-corrected chi connectivity index (χ2v) is 4.97. The molecule has 1 atom stereocenters. The molecule has 1 unspecified atom stereocenters. The van der Waals surface area contributed by atoms with Crippen molar-refractivity contribution in [2.24, 2.45) is 5.92 Å². The Bertz CT molecular complexity index is 543. The standard InChI is InChI=1S/C13H19N3O4/c1-5-8(2)7-14-12-11(15(17)18)6-9(3)10(4)13(12)16(19)20/h6,8,14H,5,7H2,1-4H3. The van der Waals surface area contributed by atoms with Crippen LogP contribution < -0.4 is 5.32 Å². The normalized spacial score (nSPS) is 12.0. The number of benzene rings is 1. The van der Waals surface area contributed by atoms with Crippen molar-refractivity contribution in [3.05, 3.63) is 37.4 Å². The lowest BCUT2D eigenvalue weighted by atomic mass is 10.0. The van der Waals surface area contributed by atoms with E-state index in [0.29, 0.717) is 17.7 Å². The Balaban J connectivity index is 3.39. The number of aryl methyl sites for hydroxylation is 1. The summed E-state index contributed by atoms with van der Waals surface area (Å²) in [5, 5.41) is 25.2.